The standard InChI is InChI=1S/C22H16ClN3O/c23-17-7-3-5-15(11-17)13-25-22(27)19-12-21(16-6-4-10-24-14-16)26-20-9-2-1-8-18(19)20/h1-12,14H,13H2,(H,25,27). The number of rotatable bonds is 4. The van der Waals surface area contributed by atoms with E-state index in [1.54, 1.807) is 12.4 Å². The number of nitrogens with zero attached hydrogens (tertiary/aromatic N) is 2. The van der Waals surface area contributed by atoms with Gasteiger partial charge in [-0.15, -0.1) is 0 Å². The van der Waals surface area contributed by atoms with Crippen molar-refractivity contribution in [1.29, 1.82) is 0 Å². The first-order valence-electron chi connectivity index (χ1n) is 8.53. The van der Waals surface area contributed by atoms with Crippen LogP contribution in [0.5, 0.6) is 0 Å². The lowest BCUT2D eigenvalue weighted by Gasteiger charge is -2.11. The molecule has 2 heterocycles. The van der Waals surface area contributed by atoms with Crippen molar-refractivity contribution in [3.8, 4) is 11.3 Å². The van der Waals surface area contributed by atoms with Crippen LogP contribution in [-0.4, -0.2) is 15.9 Å². The number of aromatic nitrogens is 2. The van der Waals surface area contributed by atoms with E-state index in [1.165, 1.54) is 0 Å². The van der Waals surface area contributed by atoms with Gasteiger partial charge in [0.15, 0.2) is 0 Å². The Bertz CT molecular complexity index is 1110. The highest BCUT2D eigenvalue weighted by atomic mass is 35.5. The van der Waals surface area contributed by atoms with E-state index >= 15 is 0 Å². The number of hydrogen-bond donors (Lipinski definition) is 1. The van der Waals surface area contributed by atoms with E-state index in [-0.39, 0.29) is 5.91 Å². The highest BCUT2D eigenvalue weighted by Crippen LogP contribution is 2.24. The molecule has 0 aliphatic rings. The smallest absolute Gasteiger partial charge is 0.252 e. The second-order valence-electron chi connectivity index (χ2n) is 6.13. The van der Waals surface area contributed by atoms with Crippen molar-refractivity contribution >= 4 is 28.4 Å². The second kappa shape index (κ2) is 7.56. The van der Waals surface area contributed by atoms with Crippen LogP contribution in [0.3, 0.4) is 0 Å². The lowest BCUT2D eigenvalue weighted by Crippen LogP contribution is -2.23. The summed E-state index contributed by atoms with van der Waals surface area (Å²) >= 11 is 6.02. The third-order valence-corrected chi connectivity index (χ3v) is 4.50. The lowest BCUT2D eigenvalue weighted by molar-refractivity contribution is 0.0952. The van der Waals surface area contributed by atoms with Crippen LogP contribution in [0.25, 0.3) is 22.2 Å². The van der Waals surface area contributed by atoms with E-state index in [2.05, 4.69) is 15.3 Å². The first kappa shape index (κ1) is 17.2. The van der Waals surface area contributed by atoms with Crippen LogP contribution in [0.15, 0.2) is 79.1 Å². The van der Waals surface area contributed by atoms with Gasteiger partial charge < -0.3 is 5.32 Å². The normalized spacial score (nSPS) is 10.7. The highest BCUT2D eigenvalue weighted by molar-refractivity contribution is 6.30. The van der Waals surface area contributed by atoms with Crippen LogP contribution in [0, 0.1) is 0 Å². The molecule has 0 unspecified atom stereocenters. The molecular weight excluding hydrogens is 358 g/mol. The Morgan fingerprint density at radius 2 is 1.89 bits per heavy atom. The molecule has 4 aromatic rings. The van der Waals surface area contributed by atoms with Gasteiger partial charge in [-0.1, -0.05) is 41.9 Å². The van der Waals surface area contributed by atoms with Gasteiger partial charge in [0.25, 0.3) is 5.91 Å². The van der Waals surface area contributed by atoms with Crippen molar-refractivity contribution in [2.45, 2.75) is 6.54 Å². The van der Waals surface area contributed by atoms with Crippen molar-refractivity contribution in [2.75, 3.05) is 0 Å². The van der Waals surface area contributed by atoms with Gasteiger partial charge in [-0.05, 0) is 42.0 Å². The molecule has 0 bridgehead atoms. The summed E-state index contributed by atoms with van der Waals surface area (Å²) in [4.78, 5) is 21.7. The number of benzene rings is 2. The Hall–Kier alpha value is -3.24. The van der Waals surface area contributed by atoms with Crippen LogP contribution < -0.4 is 5.32 Å². The zero-order valence-electron chi connectivity index (χ0n) is 14.4. The number of fused-ring (bicyclic) bond motifs is 1. The minimum atomic E-state index is -0.154. The van der Waals surface area contributed by atoms with Gasteiger partial charge in [-0.2, -0.15) is 0 Å². The maximum Gasteiger partial charge on any atom is 0.252 e. The monoisotopic (exact) mass is 373 g/mol. The van der Waals surface area contributed by atoms with Gasteiger partial charge in [-0.25, -0.2) is 4.98 Å². The molecule has 1 amide bonds. The maximum absolute atomic E-state index is 12.9. The van der Waals surface area contributed by atoms with Crippen molar-refractivity contribution < 1.29 is 4.79 Å². The van der Waals surface area contributed by atoms with Crippen molar-refractivity contribution in [3.05, 3.63) is 95.3 Å². The predicted octanol–water partition coefficient (Wildman–Crippen LogP) is 4.88. The van der Waals surface area contributed by atoms with E-state index < -0.39 is 0 Å². The van der Waals surface area contributed by atoms with Gasteiger partial charge in [0.1, 0.15) is 0 Å². The largest absolute Gasteiger partial charge is 0.348 e. The Morgan fingerprint density at radius 1 is 1.00 bits per heavy atom. The average Bonchev–Trinajstić information content (AvgIpc) is 2.72. The summed E-state index contributed by atoms with van der Waals surface area (Å²) in [5.41, 5.74) is 3.89. The summed E-state index contributed by atoms with van der Waals surface area (Å²) in [7, 11) is 0. The zero-order chi connectivity index (χ0) is 18.6. The fraction of sp³-hybridized carbons (Fsp3) is 0.0455. The minimum absolute atomic E-state index is 0.154. The van der Waals surface area contributed by atoms with Crippen molar-refractivity contribution in [2.24, 2.45) is 0 Å². The molecule has 2 aromatic heterocycles. The Balaban J connectivity index is 1.70. The molecule has 5 heteroatoms. The number of hydrogen-bond acceptors (Lipinski definition) is 3. The van der Waals surface area contributed by atoms with Crippen molar-refractivity contribution in [3.63, 3.8) is 0 Å². The van der Waals surface area contributed by atoms with Crippen molar-refractivity contribution in [1.82, 2.24) is 15.3 Å². The molecule has 0 saturated carbocycles. The third-order valence-electron chi connectivity index (χ3n) is 4.26. The summed E-state index contributed by atoms with van der Waals surface area (Å²) in [6, 6.07) is 20.7. The minimum Gasteiger partial charge on any atom is -0.348 e. The van der Waals surface area contributed by atoms with Crippen LogP contribution >= 0.6 is 11.6 Å². The molecule has 1 N–H and O–H groups in total. The van der Waals surface area contributed by atoms with E-state index in [0.717, 1.165) is 27.7 Å². The number of nitrogens with one attached hydrogen (secondary N) is 1. The van der Waals surface area contributed by atoms with Gasteiger partial charge in [0.2, 0.25) is 0 Å². The number of carbonyl (C=O) groups excluding carboxylic acids is 1. The second-order valence-corrected chi connectivity index (χ2v) is 6.56. The number of pyridine rings is 2. The molecule has 2 aromatic carbocycles. The number of para-hydroxylation sites is 1. The SMILES string of the molecule is O=C(NCc1cccc(Cl)c1)c1cc(-c2cccnc2)nc2ccccc12. The molecule has 132 valence electrons. The zero-order valence-corrected chi connectivity index (χ0v) is 15.1. The first-order chi connectivity index (χ1) is 13.2. The quantitative estimate of drug-likeness (QED) is 0.554. The van der Waals surface area contributed by atoms with Crippen LogP contribution in [0.1, 0.15) is 15.9 Å². The average molecular weight is 374 g/mol. The Morgan fingerprint density at radius 3 is 2.70 bits per heavy atom. The van der Waals surface area contributed by atoms with E-state index in [9.17, 15) is 4.79 Å². The summed E-state index contributed by atoms with van der Waals surface area (Å²) < 4.78 is 0. The topological polar surface area (TPSA) is 54.9 Å². The van der Waals surface area contributed by atoms with Crippen LogP contribution in [0.2, 0.25) is 5.02 Å². The van der Waals surface area contributed by atoms with Gasteiger partial charge >= 0.3 is 0 Å². The summed E-state index contributed by atoms with van der Waals surface area (Å²) in [6.07, 6.45) is 3.45. The van der Waals surface area contributed by atoms with Gasteiger partial charge in [0, 0.05) is 34.9 Å². The molecule has 0 saturated heterocycles. The molecular formula is C22H16ClN3O. The fourth-order valence-corrected chi connectivity index (χ4v) is 3.16. The molecule has 4 nitrogen and oxygen atoms in total. The molecule has 27 heavy (non-hydrogen) atoms. The molecule has 0 atom stereocenters. The lowest BCUT2D eigenvalue weighted by atomic mass is 10.0. The van der Waals surface area contributed by atoms with Crippen LogP contribution in [-0.2, 0) is 6.54 Å². The predicted molar refractivity (Wildman–Crippen MR) is 108 cm³/mol. The highest BCUT2D eigenvalue weighted by Gasteiger charge is 2.14. The first-order valence-corrected chi connectivity index (χ1v) is 8.91. The summed E-state index contributed by atoms with van der Waals surface area (Å²) in [5, 5.41) is 4.43. The fourth-order valence-electron chi connectivity index (χ4n) is 2.95. The molecule has 4 rings (SSSR count). The van der Waals surface area contributed by atoms with Crippen LogP contribution in [0.4, 0.5) is 0 Å². The molecule has 0 aliphatic heterocycles. The molecule has 0 radical (unpaired) electrons. The summed E-state index contributed by atoms with van der Waals surface area (Å²) in [6.45, 7) is 0.401. The van der Waals surface area contributed by atoms with E-state index in [0.29, 0.717) is 17.1 Å². The van der Waals surface area contributed by atoms with Gasteiger partial charge in [-0.3, -0.25) is 9.78 Å². The Labute approximate surface area is 161 Å². The third kappa shape index (κ3) is 3.81. The van der Waals surface area contributed by atoms with E-state index in [4.69, 9.17) is 11.6 Å². The summed E-state index contributed by atoms with van der Waals surface area (Å²) in [5.74, 6) is -0.154. The molecule has 0 fully saturated rings. The van der Waals surface area contributed by atoms with Gasteiger partial charge in [0.05, 0.1) is 16.8 Å². The number of carbonyl (C=O) groups is 1. The number of amides is 1. The van der Waals surface area contributed by atoms with E-state index in [1.807, 2.05) is 66.7 Å². The maximum atomic E-state index is 12.9. The molecule has 0 spiro atoms. The Kier molecular flexibility index (Phi) is 4.81. The number of halogens is 1. The molecule has 0 aliphatic carbocycles.